The summed E-state index contributed by atoms with van der Waals surface area (Å²) >= 11 is 0. The predicted octanol–water partition coefficient (Wildman–Crippen LogP) is 2.63. The van der Waals surface area contributed by atoms with Gasteiger partial charge in [-0.1, -0.05) is 18.2 Å². The van der Waals surface area contributed by atoms with Crippen molar-refractivity contribution in [2.75, 3.05) is 0 Å². The summed E-state index contributed by atoms with van der Waals surface area (Å²) in [4.78, 5) is 26.2. The third-order valence-electron chi connectivity index (χ3n) is 2.85. The quantitative estimate of drug-likeness (QED) is 0.628. The van der Waals surface area contributed by atoms with E-state index >= 15 is 0 Å². The van der Waals surface area contributed by atoms with Crippen molar-refractivity contribution >= 4 is 23.3 Å². The highest BCUT2D eigenvalue weighted by atomic mass is 16.4. The van der Waals surface area contributed by atoms with Gasteiger partial charge in [0.15, 0.2) is 0 Å². The molecule has 3 rings (SSSR count). The third kappa shape index (κ3) is 3.24. The molecule has 0 saturated carbocycles. The molecule has 0 atom stereocenters. The van der Waals surface area contributed by atoms with Crippen LogP contribution in [-0.2, 0) is 4.79 Å². The van der Waals surface area contributed by atoms with E-state index in [-0.39, 0.29) is 12.2 Å². The molecule has 2 aromatic heterocycles. The topological polar surface area (TPSA) is 103 Å². The minimum absolute atomic E-state index is 0.202. The zero-order valence-electron chi connectivity index (χ0n) is 10.9. The Morgan fingerprint density at radius 1 is 1.19 bits per heavy atom. The molecule has 0 spiro atoms. The number of hydrogen-bond acceptors (Lipinski definition) is 3. The van der Waals surface area contributed by atoms with Crippen molar-refractivity contribution in [3.63, 3.8) is 0 Å². The van der Waals surface area contributed by atoms with Crippen LogP contribution < -0.4 is 0 Å². The van der Waals surface area contributed by atoms with Crippen LogP contribution in [0.15, 0.2) is 48.8 Å². The second-order valence-electron chi connectivity index (χ2n) is 4.14. The first-order valence-electron chi connectivity index (χ1n) is 6.00. The van der Waals surface area contributed by atoms with E-state index in [1.54, 1.807) is 18.5 Å². The number of aromatic nitrogens is 2. The summed E-state index contributed by atoms with van der Waals surface area (Å²) in [7, 11) is 0. The average molecular weight is 284 g/mol. The van der Waals surface area contributed by atoms with E-state index in [2.05, 4.69) is 9.97 Å². The largest absolute Gasteiger partial charge is 0.483 e. The maximum Gasteiger partial charge on any atom is 0.352 e. The van der Waals surface area contributed by atoms with Crippen LogP contribution >= 0.6 is 0 Å². The molecule has 6 heteroatoms. The number of carboxylic acid groups (broad SMARTS) is 2. The first kappa shape index (κ1) is 14.3. The molecule has 106 valence electrons. The summed E-state index contributed by atoms with van der Waals surface area (Å²) in [6.45, 7) is -0.250. The highest BCUT2D eigenvalue weighted by molar-refractivity contribution is 5.95. The normalized spacial score (nSPS) is 9.71. The van der Waals surface area contributed by atoms with E-state index in [0.29, 0.717) is 0 Å². The third-order valence-corrected chi connectivity index (χ3v) is 2.85. The van der Waals surface area contributed by atoms with E-state index in [0.717, 1.165) is 22.0 Å². The summed E-state index contributed by atoms with van der Waals surface area (Å²) in [6, 6.07) is 11.3. The van der Waals surface area contributed by atoms with Crippen molar-refractivity contribution in [2.24, 2.45) is 0 Å². The highest BCUT2D eigenvalue weighted by Gasteiger charge is 2.08. The molecule has 0 radical (unpaired) electrons. The number of pyridine rings is 1. The lowest BCUT2D eigenvalue weighted by atomic mass is 10.1. The molecule has 0 aliphatic heterocycles. The van der Waals surface area contributed by atoms with Gasteiger partial charge in [-0.15, -0.1) is 0 Å². The Kier molecular flexibility index (Phi) is 4.30. The molecule has 0 fully saturated rings. The predicted molar refractivity (Wildman–Crippen MR) is 77.2 cm³/mol. The van der Waals surface area contributed by atoms with Crippen LogP contribution in [-0.4, -0.2) is 32.6 Å². The van der Waals surface area contributed by atoms with Gasteiger partial charge in [0, 0.05) is 28.9 Å². The molecular weight excluding hydrogens is 272 g/mol. The zero-order valence-corrected chi connectivity index (χ0v) is 10.9. The lowest BCUT2D eigenvalue weighted by molar-refractivity contribution is -0.122. The molecule has 21 heavy (non-hydrogen) atoms. The van der Waals surface area contributed by atoms with Crippen LogP contribution in [0.2, 0.25) is 0 Å². The Bertz CT molecular complexity index is 766. The molecule has 0 amide bonds. The Morgan fingerprint density at radius 2 is 1.95 bits per heavy atom. The molecule has 3 N–H and O–H groups in total. The Balaban J connectivity index is 0.000000497. The van der Waals surface area contributed by atoms with Crippen LogP contribution in [0.3, 0.4) is 0 Å². The lowest BCUT2D eigenvalue weighted by Gasteiger charge is -2.00. The van der Waals surface area contributed by atoms with Crippen molar-refractivity contribution in [1.29, 1.82) is 0 Å². The van der Waals surface area contributed by atoms with Gasteiger partial charge in [0.25, 0.3) is 6.47 Å². The van der Waals surface area contributed by atoms with E-state index in [1.807, 2.05) is 30.3 Å². The standard InChI is InChI=1S/C14H10N2O2.CH2O2/c17-14(18)13-7-10-4-3-9(6-12(10)16-13)11-2-1-5-15-8-11;2-1-3/h1-8,16H,(H,17,18);1H,(H,2,3). The van der Waals surface area contributed by atoms with Crippen LogP contribution in [0.1, 0.15) is 10.5 Å². The second-order valence-corrected chi connectivity index (χ2v) is 4.14. The number of carboxylic acids is 1. The number of fused-ring (bicyclic) bond motifs is 1. The fraction of sp³-hybridized carbons (Fsp3) is 0. The van der Waals surface area contributed by atoms with Gasteiger partial charge in [0.2, 0.25) is 0 Å². The summed E-state index contributed by atoms with van der Waals surface area (Å²) in [6.07, 6.45) is 3.50. The van der Waals surface area contributed by atoms with Crippen molar-refractivity contribution in [3.8, 4) is 11.1 Å². The summed E-state index contributed by atoms with van der Waals surface area (Å²) in [5.74, 6) is -0.950. The fourth-order valence-electron chi connectivity index (χ4n) is 1.96. The molecular formula is C15H12N2O4. The van der Waals surface area contributed by atoms with Crippen molar-refractivity contribution in [2.45, 2.75) is 0 Å². The summed E-state index contributed by atoms with van der Waals surface area (Å²) in [5.41, 5.74) is 3.03. The first-order valence-corrected chi connectivity index (χ1v) is 6.00. The minimum Gasteiger partial charge on any atom is -0.483 e. The SMILES string of the molecule is O=C(O)c1cc2ccc(-c3cccnc3)cc2[nH]1.O=CO. The molecule has 6 nitrogen and oxygen atoms in total. The number of H-pyrrole nitrogens is 1. The minimum atomic E-state index is -0.950. The maximum absolute atomic E-state index is 10.9. The molecule has 0 unspecified atom stereocenters. The Morgan fingerprint density at radius 3 is 2.57 bits per heavy atom. The number of aromatic carboxylic acids is 1. The van der Waals surface area contributed by atoms with Crippen molar-refractivity contribution in [1.82, 2.24) is 9.97 Å². The second kappa shape index (κ2) is 6.33. The smallest absolute Gasteiger partial charge is 0.352 e. The molecule has 0 aliphatic rings. The van der Waals surface area contributed by atoms with Gasteiger partial charge in [-0.25, -0.2) is 4.79 Å². The summed E-state index contributed by atoms with van der Waals surface area (Å²) in [5, 5.41) is 16.7. The molecule has 3 aromatic rings. The van der Waals surface area contributed by atoms with Gasteiger partial charge >= 0.3 is 5.97 Å². The Hall–Kier alpha value is -3.15. The molecule has 0 aliphatic carbocycles. The number of rotatable bonds is 2. The molecule has 0 saturated heterocycles. The first-order chi connectivity index (χ1) is 10.2. The van der Waals surface area contributed by atoms with E-state index in [4.69, 9.17) is 15.0 Å². The van der Waals surface area contributed by atoms with Crippen LogP contribution in [0, 0.1) is 0 Å². The number of aromatic amines is 1. The molecule has 0 bridgehead atoms. The number of benzene rings is 1. The lowest BCUT2D eigenvalue weighted by Crippen LogP contribution is -1.94. The number of nitrogens with one attached hydrogen (secondary N) is 1. The molecule has 2 heterocycles. The van der Waals surface area contributed by atoms with Gasteiger partial charge < -0.3 is 15.2 Å². The van der Waals surface area contributed by atoms with Gasteiger partial charge in [0.05, 0.1) is 0 Å². The molecule has 1 aromatic carbocycles. The number of nitrogens with zero attached hydrogens (tertiary/aromatic N) is 1. The summed E-state index contributed by atoms with van der Waals surface area (Å²) < 4.78 is 0. The fourth-order valence-corrected chi connectivity index (χ4v) is 1.96. The monoisotopic (exact) mass is 284 g/mol. The maximum atomic E-state index is 10.9. The van der Waals surface area contributed by atoms with Crippen LogP contribution in [0.4, 0.5) is 0 Å². The average Bonchev–Trinajstić information content (AvgIpc) is 2.92. The number of carbonyl (C=O) groups is 2. The number of hydrogen-bond donors (Lipinski definition) is 3. The van der Waals surface area contributed by atoms with E-state index in [9.17, 15) is 4.79 Å². The van der Waals surface area contributed by atoms with Gasteiger partial charge in [-0.05, 0) is 23.8 Å². The van der Waals surface area contributed by atoms with Gasteiger partial charge in [-0.3, -0.25) is 9.78 Å². The zero-order chi connectivity index (χ0) is 15.2. The van der Waals surface area contributed by atoms with E-state index < -0.39 is 5.97 Å². The van der Waals surface area contributed by atoms with Gasteiger partial charge in [0.1, 0.15) is 5.69 Å². The van der Waals surface area contributed by atoms with Crippen LogP contribution in [0.25, 0.3) is 22.0 Å². The van der Waals surface area contributed by atoms with Crippen LogP contribution in [0.5, 0.6) is 0 Å². The Labute approximate surface area is 119 Å². The highest BCUT2D eigenvalue weighted by Crippen LogP contribution is 2.24. The van der Waals surface area contributed by atoms with E-state index in [1.165, 1.54) is 0 Å². The van der Waals surface area contributed by atoms with Gasteiger partial charge in [-0.2, -0.15) is 0 Å². The van der Waals surface area contributed by atoms with Crippen molar-refractivity contribution < 1.29 is 19.8 Å². The van der Waals surface area contributed by atoms with Crippen molar-refractivity contribution in [3.05, 3.63) is 54.5 Å².